The highest BCUT2D eigenvalue weighted by molar-refractivity contribution is 7.18. The smallest absolute Gasteiger partial charge is 0.346 e. The summed E-state index contributed by atoms with van der Waals surface area (Å²) in [6.07, 6.45) is -0.288. The molecule has 1 aromatic heterocycles. The molecule has 22 heavy (non-hydrogen) atoms. The van der Waals surface area contributed by atoms with Crippen LogP contribution in [0.3, 0.4) is 0 Å². The topological polar surface area (TPSA) is 156 Å². The Hall–Kier alpha value is -2.93. The maximum absolute atomic E-state index is 11.2. The van der Waals surface area contributed by atoms with E-state index in [2.05, 4.69) is 0 Å². The second-order valence-corrected chi connectivity index (χ2v) is 5.02. The normalized spacial score (nSPS) is 9.77. The van der Waals surface area contributed by atoms with E-state index >= 15 is 0 Å². The van der Waals surface area contributed by atoms with Gasteiger partial charge in [-0.2, -0.15) is 5.26 Å². The summed E-state index contributed by atoms with van der Waals surface area (Å²) < 4.78 is 0. The summed E-state index contributed by atoms with van der Waals surface area (Å²) in [5.74, 6) is -4.04. The van der Waals surface area contributed by atoms with Crippen molar-refractivity contribution >= 4 is 40.5 Å². The van der Waals surface area contributed by atoms with Gasteiger partial charge in [0.05, 0.1) is 18.5 Å². The number of hydrogen-bond donors (Lipinski definition) is 3. The summed E-state index contributed by atoms with van der Waals surface area (Å²) in [6, 6.07) is 1.69. The Kier molecular flexibility index (Phi) is 5.59. The SMILES string of the molecule is N#Cc1c(N(CC=O)CC(=O)O)sc(C(=O)O)c1CC(=O)O. The molecule has 0 aliphatic carbocycles. The standard InChI is InChI=1S/C12H10N2O7S/c13-4-7-6(3-8(16)17)10(12(20)21)22-11(7)14(1-2-15)5-9(18)19/h2H,1,3,5H2,(H,16,17)(H,18,19)(H,20,21). The maximum atomic E-state index is 11.2. The van der Waals surface area contributed by atoms with E-state index in [9.17, 15) is 19.2 Å². The Morgan fingerprint density at radius 3 is 2.27 bits per heavy atom. The van der Waals surface area contributed by atoms with E-state index in [-0.39, 0.29) is 27.5 Å². The van der Waals surface area contributed by atoms with Crippen LogP contribution in [0.15, 0.2) is 0 Å². The number of carbonyl (C=O) groups excluding carboxylic acids is 1. The lowest BCUT2D eigenvalue weighted by atomic mass is 10.1. The van der Waals surface area contributed by atoms with Crippen molar-refractivity contribution in [2.45, 2.75) is 6.42 Å². The number of aliphatic carboxylic acids is 2. The molecule has 0 fully saturated rings. The van der Waals surface area contributed by atoms with Crippen molar-refractivity contribution in [1.29, 1.82) is 5.26 Å². The van der Waals surface area contributed by atoms with Crippen molar-refractivity contribution in [1.82, 2.24) is 0 Å². The molecule has 0 saturated carbocycles. The molecule has 0 saturated heterocycles. The zero-order chi connectivity index (χ0) is 16.9. The fourth-order valence-corrected chi connectivity index (χ4v) is 2.87. The van der Waals surface area contributed by atoms with Gasteiger partial charge in [-0.3, -0.25) is 9.59 Å². The van der Waals surface area contributed by atoms with Crippen LogP contribution in [-0.2, 0) is 20.8 Å². The first-order valence-corrected chi connectivity index (χ1v) is 6.54. The summed E-state index contributed by atoms with van der Waals surface area (Å²) in [5, 5.41) is 35.9. The summed E-state index contributed by atoms with van der Waals surface area (Å²) in [7, 11) is 0. The summed E-state index contributed by atoms with van der Waals surface area (Å²) in [5.41, 5.74) is -0.448. The van der Waals surface area contributed by atoms with Gasteiger partial charge < -0.3 is 25.0 Å². The molecule has 1 rings (SSSR count). The zero-order valence-corrected chi connectivity index (χ0v) is 11.8. The van der Waals surface area contributed by atoms with Gasteiger partial charge in [-0.15, -0.1) is 11.3 Å². The number of aromatic carboxylic acids is 1. The first-order chi connectivity index (χ1) is 10.3. The fourth-order valence-electron chi connectivity index (χ4n) is 1.76. The van der Waals surface area contributed by atoms with Gasteiger partial charge in [0.1, 0.15) is 28.8 Å². The van der Waals surface area contributed by atoms with Crippen LogP contribution < -0.4 is 4.90 Å². The monoisotopic (exact) mass is 326 g/mol. The van der Waals surface area contributed by atoms with Crippen molar-refractivity contribution in [2.24, 2.45) is 0 Å². The van der Waals surface area contributed by atoms with E-state index in [4.69, 9.17) is 20.6 Å². The lowest BCUT2D eigenvalue weighted by molar-refractivity contribution is -0.137. The minimum absolute atomic E-state index is 0.0503. The number of hydrogen-bond acceptors (Lipinski definition) is 7. The van der Waals surface area contributed by atoms with Gasteiger partial charge in [-0.25, -0.2) is 4.79 Å². The van der Waals surface area contributed by atoms with E-state index in [0.29, 0.717) is 17.6 Å². The van der Waals surface area contributed by atoms with E-state index < -0.39 is 30.9 Å². The molecule has 10 heteroatoms. The largest absolute Gasteiger partial charge is 0.481 e. The van der Waals surface area contributed by atoms with Crippen molar-refractivity contribution in [3.8, 4) is 6.07 Å². The predicted octanol–water partition coefficient (Wildman–Crippen LogP) is 0.0350. The van der Waals surface area contributed by atoms with Crippen molar-refractivity contribution in [3.63, 3.8) is 0 Å². The Morgan fingerprint density at radius 2 is 1.86 bits per heavy atom. The van der Waals surface area contributed by atoms with Crippen LogP contribution >= 0.6 is 11.3 Å². The van der Waals surface area contributed by atoms with Gasteiger partial charge in [0, 0.05) is 5.56 Å². The Morgan fingerprint density at radius 1 is 1.23 bits per heavy atom. The highest BCUT2D eigenvalue weighted by Crippen LogP contribution is 2.36. The summed E-state index contributed by atoms with van der Waals surface area (Å²) in [4.78, 5) is 44.1. The van der Waals surface area contributed by atoms with Crippen molar-refractivity contribution in [2.75, 3.05) is 18.0 Å². The van der Waals surface area contributed by atoms with Crippen LogP contribution in [0.1, 0.15) is 20.8 Å². The van der Waals surface area contributed by atoms with E-state index in [1.807, 2.05) is 0 Å². The number of anilines is 1. The molecule has 9 nitrogen and oxygen atoms in total. The lowest BCUT2D eigenvalue weighted by Crippen LogP contribution is -2.31. The molecule has 0 atom stereocenters. The van der Waals surface area contributed by atoms with Crippen LogP contribution in [0.2, 0.25) is 0 Å². The molecular weight excluding hydrogens is 316 g/mol. The number of rotatable bonds is 8. The second kappa shape index (κ2) is 7.19. The third-order valence-corrected chi connectivity index (χ3v) is 3.81. The molecule has 0 bridgehead atoms. The molecule has 0 aliphatic heterocycles. The quantitative estimate of drug-likeness (QED) is 0.561. The molecule has 0 aliphatic rings. The molecule has 116 valence electrons. The first-order valence-electron chi connectivity index (χ1n) is 5.73. The van der Waals surface area contributed by atoms with E-state index in [0.717, 1.165) is 4.90 Å². The highest BCUT2D eigenvalue weighted by atomic mass is 32.1. The number of aldehydes is 1. The number of nitrogens with zero attached hydrogens (tertiary/aromatic N) is 2. The molecule has 1 aromatic rings. The van der Waals surface area contributed by atoms with Crippen LogP contribution in [0.4, 0.5) is 5.00 Å². The van der Waals surface area contributed by atoms with Crippen LogP contribution in [0.25, 0.3) is 0 Å². The summed E-state index contributed by atoms with van der Waals surface area (Å²) in [6.45, 7) is -0.993. The zero-order valence-electron chi connectivity index (χ0n) is 11.0. The number of thiophene rings is 1. The molecule has 0 radical (unpaired) electrons. The van der Waals surface area contributed by atoms with Gasteiger partial charge in [0.2, 0.25) is 0 Å². The Bertz CT molecular complexity index is 674. The summed E-state index contributed by atoms with van der Waals surface area (Å²) >= 11 is 0.569. The van der Waals surface area contributed by atoms with Gasteiger partial charge in [-0.1, -0.05) is 0 Å². The van der Waals surface area contributed by atoms with Gasteiger partial charge in [0.25, 0.3) is 0 Å². The molecule has 0 unspecified atom stereocenters. The van der Waals surface area contributed by atoms with Crippen molar-refractivity contribution < 1.29 is 34.5 Å². The average molecular weight is 326 g/mol. The van der Waals surface area contributed by atoms with Gasteiger partial charge >= 0.3 is 17.9 Å². The minimum atomic E-state index is -1.43. The maximum Gasteiger partial charge on any atom is 0.346 e. The average Bonchev–Trinajstić information content (AvgIpc) is 2.75. The van der Waals surface area contributed by atoms with Gasteiger partial charge in [-0.05, 0) is 0 Å². The van der Waals surface area contributed by atoms with E-state index in [1.54, 1.807) is 6.07 Å². The molecular formula is C12H10N2O7S. The predicted molar refractivity (Wildman–Crippen MR) is 73.2 cm³/mol. The molecule has 1 heterocycles. The molecule has 0 aromatic carbocycles. The minimum Gasteiger partial charge on any atom is -0.481 e. The van der Waals surface area contributed by atoms with E-state index in [1.165, 1.54) is 0 Å². The Balaban J connectivity index is 3.48. The van der Waals surface area contributed by atoms with Crippen LogP contribution in [-0.4, -0.2) is 52.6 Å². The molecule has 0 spiro atoms. The number of nitriles is 1. The van der Waals surface area contributed by atoms with Crippen molar-refractivity contribution in [3.05, 3.63) is 16.0 Å². The Labute approximate surface area is 127 Å². The number of carbonyl (C=O) groups is 4. The third-order valence-electron chi connectivity index (χ3n) is 2.53. The second-order valence-electron chi connectivity index (χ2n) is 4.02. The number of carboxylic acid groups (broad SMARTS) is 3. The lowest BCUT2D eigenvalue weighted by Gasteiger charge is -2.18. The van der Waals surface area contributed by atoms with Gasteiger partial charge in [0.15, 0.2) is 0 Å². The molecule has 0 amide bonds. The first kappa shape index (κ1) is 17.1. The highest BCUT2D eigenvalue weighted by Gasteiger charge is 2.27. The fraction of sp³-hybridized carbons (Fsp3) is 0.250. The van der Waals surface area contributed by atoms with Crippen LogP contribution in [0, 0.1) is 11.3 Å². The molecule has 3 N–H and O–H groups in total. The van der Waals surface area contributed by atoms with Crippen LogP contribution in [0.5, 0.6) is 0 Å². The number of carboxylic acids is 3. The third kappa shape index (κ3) is 3.80.